The van der Waals surface area contributed by atoms with Crippen molar-refractivity contribution in [3.05, 3.63) is 0 Å². The molecule has 0 aromatic carbocycles. The van der Waals surface area contributed by atoms with Gasteiger partial charge in [-0.1, -0.05) is 12.8 Å². The Kier molecular flexibility index (Phi) is 2.31. The fourth-order valence-electron chi connectivity index (χ4n) is 3.31. The quantitative estimate of drug-likeness (QED) is 0.667. The number of nitrogens with one attached hydrogen (secondary N) is 2. The highest BCUT2D eigenvalue weighted by atomic mass is 16.2. The molecule has 2 heterocycles. The van der Waals surface area contributed by atoms with Gasteiger partial charge in [-0.3, -0.25) is 0 Å². The summed E-state index contributed by atoms with van der Waals surface area (Å²) in [5.41, 5.74) is 0. The maximum atomic E-state index is 11.9. The predicted octanol–water partition coefficient (Wildman–Crippen LogP) is 0.685. The highest BCUT2D eigenvalue weighted by molar-refractivity contribution is 5.78. The zero-order valence-electron chi connectivity index (χ0n) is 9.04. The molecule has 0 radical (unpaired) electrons. The predicted molar refractivity (Wildman–Crippen MR) is 57.7 cm³/mol. The van der Waals surface area contributed by atoms with Crippen LogP contribution in [-0.2, 0) is 0 Å². The fourth-order valence-corrected chi connectivity index (χ4v) is 3.31. The Morgan fingerprint density at radius 1 is 1.20 bits per heavy atom. The summed E-state index contributed by atoms with van der Waals surface area (Å²) in [6, 6.07) is 1.54. The zero-order chi connectivity index (χ0) is 10.3. The number of carbonyl (C=O) groups is 1. The van der Waals surface area contributed by atoms with Crippen LogP contribution in [-0.4, -0.2) is 42.1 Å². The third-order valence-corrected chi connectivity index (χ3v) is 4.06. The van der Waals surface area contributed by atoms with Crippen molar-refractivity contribution in [2.24, 2.45) is 0 Å². The molecule has 4 heteroatoms. The van der Waals surface area contributed by atoms with Crippen molar-refractivity contribution in [3.63, 3.8) is 0 Å². The van der Waals surface area contributed by atoms with Crippen LogP contribution < -0.4 is 10.6 Å². The average Bonchev–Trinajstić information content (AvgIpc) is 2.82. The third kappa shape index (κ3) is 1.51. The Hall–Kier alpha value is -0.770. The Bertz CT molecular complexity index is 263. The minimum Gasteiger partial charge on any atom is -0.333 e. The van der Waals surface area contributed by atoms with Gasteiger partial charge in [-0.05, 0) is 25.8 Å². The van der Waals surface area contributed by atoms with Crippen molar-refractivity contribution >= 4 is 6.03 Å². The Morgan fingerprint density at radius 2 is 2.07 bits per heavy atom. The van der Waals surface area contributed by atoms with E-state index in [-0.39, 0.29) is 6.03 Å². The summed E-state index contributed by atoms with van der Waals surface area (Å²) in [4.78, 5) is 14.0. The monoisotopic (exact) mass is 209 g/mol. The molecular weight excluding hydrogens is 190 g/mol. The molecular formula is C11H19N3O. The van der Waals surface area contributed by atoms with Gasteiger partial charge in [-0.2, -0.15) is 0 Å². The summed E-state index contributed by atoms with van der Waals surface area (Å²) in [6.45, 7) is 2.04. The van der Waals surface area contributed by atoms with Crippen LogP contribution in [0.15, 0.2) is 0 Å². The molecule has 3 fully saturated rings. The highest BCUT2D eigenvalue weighted by Crippen LogP contribution is 2.30. The molecule has 4 nitrogen and oxygen atoms in total. The first-order chi connectivity index (χ1) is 7.36. The topological polar surface area (TPSA) is 44.4 Å². The van der Waals surface area contributed by atoms with Crippen LogP contribution in [0.25, 0.3) is 0 Å². The van der Waals surface area contributed by atoms with Crippen LogP contribution in [0.1, 0.15) is 32.1 Å². The van der Waals surface area contributed by atoms with E-state index in [1.807, 2.05) is 0 Å². The standard InChI is InChI=1S/C11H19N3O/c15-11-13-9-3-1-2-4-10(9)14(11)8-5-6-12-7-8/h8-10,12H,1-7H2,(H,13,15). The molecule has 3 rings (SSSR count). The van der Waals surface area contributed by atoms with E-state index in [0.29, 0.717) is 18.1 Å². The van der Waals surface area contributed by atoms with E-state index in [4.69, 9.17) is 0 Å². The number of nitrogens with zero attached hydrogens (tertiary/aromatic N) is 1. The van der Waals surface area contributed by atoms with E-state index < -0.39 is 0 Å². The smallest absolute Gasteiger partial charge is 0.318 e. The second kappa shape index (κ2) is 3.67. The molecule has 0 bridgehead atoms. The average molecular weight is 209 g/mol. The first kappa shape index (κ1) is 9.46. The number of amides is 2. The van der Waals surface area contributed by atoms with Crippen LogP contribution in [0.5, 0.6) is 0 Å². The Balaban J connectivity index is 1.77. The zero-order valence-corrected chi connectivity index (χ0v) is 9.04. The number of hydrogen-bond donors (Lipinski definition) is 2. The number of carbonyl (C=O) groups excluding carboxylic acids is 1. The minimum atomic E-state index is 0.181. The van der Waals surface area contributed by atoms with Crippen molar-refractivity contribution in [1.29, 1.82) is 0 Å². The number of rotatable bonds is 1. The molecule has 15 heavy (non-hydrogen) atoms. The second-order valence-electron chi connectivity index (χ2n) is 4.96. The van der Waals surface area contributed by atoms with Crippen molar-refractivity contribution < 1.29 is 4.79 Å². The van der Waals surface area contributed by atoms with Crippen molar-refractivity contribution in [1.82, 2.24) is 15.5 Å². The lowest BCUT2D eigenvalue weighted by Crippen LogP contribution is -2.45. The Morgan fingerprint density at radius 3 is 2.87 bits per heavy atom. The Labute approximate surface area is 90.4 Å². The van der Waals surface area contributed by atoms with Crippen LogP contribution in [0.4, 0.5) is 4.79 Å². The van der Waals surface area contributed by atoms with Crippen LogP contribution in [0, 0.1) is 0 Å². The maximum absolute atomic E-state index is 11.9. The van der Waals surface area contributed by atoms with Crippen molar-refractivity contribution in [2.75, 3.05) is 13.1 Å². The van der Waals surface area contributed by atoms with Gasteiger partial charge < -0.3 is 15.5 Å². The summed E-state index contributed by atoms with van der Waals surface area (Å²) in [7, 11) is 0. The van der Waals surface area contributed by atoms with E-state index >= 15 is 0 Å². The van der Waals surface area contributed by atoms with Crippen LogP contribution in [0.3, 0.4) is 0 Å². The molecule has 3 unspecified atom stereocenters. The number of fused-ring (bicyclic) bond motifs is 1. The van der Waals surface area contributed by atoms with Crippen molar-refractivity contribution in [2.45, 2.75) is 50.2 Å². The summed E-state index contributed by atoms with van der Waals surface area (Å²) in [5, 5.41) is 6.49. The summed E-state index contributed by atoms with van der Waals surface area (Å²) >= 11 is 0. The van der Waals surface area contributed by atoms with Gasteiger partial charge in [-0.25, -0.2) is 4.79 Å². The molecule has 0 spiro atoms. The fraction of sp³-hybridized carbons (Fsp3) is 0.909. The van der Waals surface area contributed by atoms with Gasteiger partial charge in [0.1, 0.15) is 0 Å². The summed E-state index contributed by atoms with van der Waals surface area (Å²) in [6.07, 6.45) is 6.05. The molecule has 2 amide bonds. The largest absolute Gasteiger partial charge is 0.333 e. The first-order valence-corrected chi connectivity index (χ1v) is 6.16. The normalized spacial score (nSPS) is 40.4. The summed E-state index contributed by atoms with van der Waals surface area (Å²) in [5.74, 6) is 0. The third-order valence-electron chi connectivity index (χ3n) is 4.06. The van der Waals surface area contributed by atoms with Crippen molar-refractivity contribution in [3.8, 4) is 0 Å². The highest BCUT2D eigenvalue weighted by Gasteiger charge is 2.44. The number of urea groups is 1. The lowest BCUT2D eigenvalue weighted by molar-refractivity contribution is 0.162. The van der Waals surface area contributed by atoms with E-state index in [1.54, 1.807) is 0 Å². The van der Waals surface area contributed by atoms with Gasteiger partial charge in [-0.15, -0.1) is 0 Å². The molecule has 0 aromatic rings. The summed E-state index contributed by atoms with van der Waals surface area (Å²) < 4.78 is 0. The second-order valence-corrected chi connectivity index (χ2v) is 4.96. The van der Waals surface area contributed by atoms with Crippen LogP contribution in [0.2, 0.25) is 0 Å². The van der Waals surface area contributed by atoms with Gasteiger partial charge in [0.25, 0.3) is 0 Å². The molecule has 2 N–H and O–H groups in total. The molecule has 0 aromatic heterocycles. The SMILES string of the molecule is O=C1NC2CCCCC2N1C1CCNC1. The first-order valence-electron chi connectivity index (χ1n) is 6.16. The van der Waals surface area contributed by atoms with E-state index in [1.165, 1.54) is 25.7 Å². The molecule has 3 aliphatic rings. The maximum Gasteiger partial charge on any atom is 0.318 e. The molecule has 2 saturated heterocycles. The van der Waals surface area contributed by atoms with Gasteiger partial charge >= 0.3 is 6.03 Å². The van der Waals surface area contributed by atoms with Gasteiger partial charge in [0, 0.05) is 12.6 Å². The van der Waals surface area contributed by atoms with E-state index in [2.05, 4.69) is 15.5 Å². The van der Waals surface area contributed by atoms with Gasteiger partial charge in [0.15, 0.2) is 0 Å². The van der Waals surface area contributed by atoms with E-state index in [9.17, 15) is 4.79 Å². The van der Waals surface area contributed by atoms with E-state index in [0.717, 1.165) is 19.5 Å². The number of hydrogen-bond acceptors (Lipinski definition) is 2. The van der Waals surface area contributed by atoms with Gasteiger partial charge in [0.2, 0.25) is 0 Å². The molecule has 1 saturated carbocycles. The molecule has 84 valence electrons. The van der Waals surface area contributed by atoms with Gasteiger partial charge in [0.05, 0.1) is 12.1 Å². The lowest BCUT2D eigenvalue weighted by atomic mass is 9.90. The molecule has 1 aliphatic carbocycles. The lowest BCUT2D eigenvalue weighted by Gasteiger charge is -2.33. The van der Waals surface area contributed by atoms with Crippen LogP contribution >= 0.6 is 0 Å². The molecule has 2 aliphatic heterocycles. The molecule has 3 atom stereocenters. The minimum absolute atomic E-state index is 0.181.